The minimum absolute atomic E-state index is 0. The maximum absolute atomic E-state index is 12.8. The Bertz CT molecular complexity index is 1940. The van der Waals surface area contributed by atoms with Crippen molar-refractivity contribution in [3.05, 3.63) is 0 Å². The van der Waals surface area contributed by atoms with Crippen LogP contribution in [0.3, 0.4) is 0 Å². The summed E-state index contributed by atoms with van der Waals surface area (Å²) in [6.07, 6.45) is 23.4. The molecule has 1 amide bonds. The molecule has 682 valence electrons. The maximum atomic E-state index is 12.8. The van der Waals surface area contributed by atoms with Crippen LogP contribution in [-0.4, -0.2) is 348 Å². The molecule has 0 aromatic rings. The van der Waals surface area contributed by atoms with Crippen LogP contribution in [0.1, 0.15) is 168 Å². The van der Waals surface area contributed by atoms with Gasteiger partial charge in [0.2, 0.25) is 0 Å². The molecule has 0 aromatic carbocycles. The van der Waals surface area contributed by atoms with E-state index in [4.69, 9.17) is 127 Å². The number of phosphoric ester groups is 1. The quantitative estimate of drug-likeness (QED) is 0.0247. The molecule has 5 N–H and O–H groups in total. The summed E-state index contributed by atoms with van der Waals surface area (Å²) in [6.45, 7) is 22.4. The van der Waals surface area contributed by atoms with Crippen LogP contribution in [0.5, 0.6) is 0 Å². The monoisotopic (exact) mass is 1680 g/mol. The molecule has 0 rings (SSSR count). The summed E-state index contributed by atoms with van der Waals surface area (Å²) >= 11 is 0. The van der Waals surface area contributed by atoms with E-state index in [0.717, 1.165) is 38.5 Å². The van der Waals surface area contributed by atoms with Crippen molar-refractivity contribution >= 4 is 25.9 Å². The Morgan fingerprint density at radius 3 is 0.737 bits per heavy atom. The van der Waals surface area contributed by atoms with Crippen LogP contribution in [0.15, 0.2) is 0 Å². The van der Waals surface area contributed by atoms with Crippen molar-refractivity contribution in [2.24, 2.45) is 0 Å². The molecule has 0 spiro atoms. The smallest absolute Gasteiger partial charge is 0.407 e. The minimum Gasteiger partial charge on any atom is -0.756 e. The average Bonchev–Trinajstić information content (AvgIpc) is 0.907. The predicted molar refractivity (Wildman–Crippen MR) is 427 cm³/mol. The second-order valence-corrected chi connectivity index (χ2v) is 27.3. The van der Waals surface area contributed by atoms with E-state index in [1.807, 2.05) is 0 Å². The SMILES string of the molecule is CCCCCCCCCCCCCC(=O)OC[C@H](COP(=O)([O-])OCCNC(=O)OCCOCCOCCOCCOCCOCCOCCOCCOCCOCCOCCOCCOCCOCCOCCOCCOCCOCCOCCOCCOCCOCCOC)OC(=O)CCCCCCCCCCCCC.[NH4+]. The molecule has 34 nitrogen and oxygen atoms in total. The van der Waals surface area contributed by atoms with Gasteiger partial charge in [-0.2, -0.15) is 0 Å². The number of quaternary nitrogens is 1. The van der Waals surface area contributed by atoms with Gasteiger partial charge in [0.25, 0.3) is 7.82 Å². The van der Waals surface area contributed by atoms with Crippen LogP contribution in [0.4, 0.5) is 4.79 Å². The van der Waals surface area contributed by atoms with Gasteiger partial charge < -0.3 is 144 Å². The van der Waals surface area contributed by atoms with Crippen molar-refractivity contribution in [1.29, 1.82) is 0 Å². The molecule has 0 bridgehead atoms. The molecule has 2 atom stereocenters. The zero-order valence-electron chi connectivity index (χ0n) is 71.0. The van der Waals surface area contributed by atoms with E-state index in [1.54, 1.807) is 7.11 Å². The number of carbonyl (C=O) groups is 3. The predicted octanol–water partition coefficient (Wildman–Crippen LogP) is 9.44. The molecule has 0 aliphatic heterocycles. The number of rotatable bonds is 100. The van der Waals surface area contributed by atoms with Crippen LogP contribution in [-0.2, 0) is 142 Å². The van der Waals surface area contributed by atoms with Gasteiger partial charge in [-0.25, -0.2) is 4.79 Å². The van der Waals surface area contributed by atoms with Crippen molar-refractivity contribution in [3.63, 3.8) is 0 Å². The van der Waals surface area contributed by atoms with Gasteiger partial charge in [-0.3, -0.25) is 14.2 Å². The van der Waals surface area contributed by atoms with Gasteiger partial charge in [-0.1, -0.05) is 142 Å². The number of carbonyl (C=O) groups excluding carboxylic acids is 3. The lowest BCUT2D eigenvalue weighted by atomic mass is 10.1. The third-order valence-corrected chi connectivity index (χ3v) is 17.0. The fraction of sp³-hybridized carbons (Fsp3) is 0.962. The molecule has 0 aliphatic rings. The zero-order chi connectivity index (χ0) is 81.5. The number of amides is 1. The van der Waals surface area contributed by atoms with Crippen molar-refractivity contribution < 1.29 is 151 Å². The third-order valence-electron chi connectivity index (χ3n) is 16.1. The highest BCUT2D eigenvalue weighted by Gasteiger charge is 2.22. The fourth-order valence-corrected chi connectivity index (χ4v) is 10.6. The summed E-state index contributed by atoms with van der Waals surface area (Å²) in [5, 5.41) is 2.39. The molecule has 0 aromatic heterocycles. The van der Waals surface area contributed by atoms with Crippen LogP contribution >= 0.6 is 7.82 Å². The van der Waals surface area contributed by atoms with Crippen LogP contribution < -0.4 is 16.4 Å². The number of hydrogen-bond donors (Lipinski definition) is 2. The van der Waals surface area contributed by atoms with E-state index in [-0.39, 0.29) is 52.0 Å². The van der Waals surface area contributed by atoms with Gasteiger partial charge in [-0.15, -0.1) is 0 Å². The molecule has 0 aliphatic carbocycles. The maximum Gasteiger partial charge on any atom is 0.407 e. The molecule has 0 saturated heterocycles. The minimum atomic E-state index is -4.90. The number of hydrogen-bond acceptors (Lipinski definition) is 32. The van der Waals surface area contributed by atoms with Crippen LogP contribution in [0.2, 0.25) is 0 Å². The highest BCUT2D eigenvalue weighted by atomic mass is 31.2. The van der Waals surface area contributed by atoms with Crippen LogP contribution in [0, 0.1) is 0 Å². The third kappa shape index (κ3) is 98.2. The molecular formula is C79H159N2O32P. The van der Waals surface area contributed by atoms with Gasteiger partial charge >= 0.3 is 18.0 Å². The summed E-state index contributed by atoms with van der Waals surface area (Å²) in [7, 11) is -3.26. The molecule has 114 heavy (non-hydrogen) atoms. The van der Waals surface area contributed by atoms with Crippen molar-refractivity contribution in [2.45, 2.75) is 174 Å². The van der Waals surface area contributed by atoms with Gasteiger partial charge in [0, 0.05) is 26.5 Å². The molecule has 0 radical (unpaired) electrons. The van der Waals surface area contributed by atoms with E-state index < -0.39 is 45.2 Å². The van der Waals surface area contributed by atoms with E-state index in [1.165, 1.54) is 89.9 Å². The lowest BCUT2D eigenvalue weighted by Gasteiger charge is -2.25. The topological polar surface area (TPSA) is 389 Å². The summed E-state index contributed by atoms with van der Waals surface area (Å²) in [4.78, 5) is 50.2. The summed E-state index contributed by atoms with van der Waals surface area (Å²) < 4.78 is 159. The Hall–Kier alpha value is -2.60. The summed E-state index contributed by atoms with van der Waals surface area (Å²) in [5.41, 5.74) is 0. The number of unbranched alkanes of at least 4 members (excludes halogenated alkanes) is 20. The van der Waals surface area contributed by atoms with Crippen molar-refractivity contribution in [2.75, 3.05) is 324 Å². The van der Waals surface area contributed by atoms with Gasteiger partial charge in [-0.05, 0) is 12.8 Å². The molecule has 0 saturated carbocycles. The highest BCUT2D eigenvalue weighted by Crippen LogP contribution is 2.38. The second kappa shape index (κ2) is 99.2. The van der Waals surface area contributed by atoms with E-state index in [0.29, 0.717) is 284 Å². The Balaban J connectivity index is 0. The molecular weight excluding hydrogens is 1520 g/mol. The first kappa shape index (κ1) is 113. The Morgan fingerprint density at radius 2 is 0.491 bits per heavy atom. The van der Waals surface area contributed by atoms with E-state index >= 15 is 0 Å². The number of ether oxygens (including phenoxy) is 25. The lowest BCUT2D eigenvalue weighted by Crippen LogP contribution is -2.31. The number of phosphoric acid groups is 1. The largest absolute Gasteiger partial charge is 0.756 e. The van der Waals surface area contributed by atoms with Crippen LogP contribution in [0.25, 0.3) is 0 Å². The number of esters is 2. The number of nitrogens with one attached hydrogen (secondary N) is 1. The van der Waals surface area contributed by atoms with Crippen molar-refractivity contribution in [3.8, 4) is 0 Å². The lowest BCUT2D eigenvalue weighted by molar-refractivity contribution is -0.228. The molecule has 35 heteroatoms. The van der Waals surface area contributed by atoms with E-state index in [2.05, 4.69) is 19.2 Å². The summed E-state index contributed by atoms with van der Waals surface area (Å²) in [5.74, 6) is -0.981. The Morgan fingerprint density at radius 1 is 0.272 bits per heavy atom. The first-order valence-corrected chi connectivity index (χ1v) is 43.7. The zero-order valence-corrected chi connectivity index (χ0v) is 71.9. The Kier molecular flexibility index (Phi) is 98.7. The van der Waals surface area contributed by atoms with Gasteiger partial charge in [0.05, 0.1) is 297 Å². The van der Waals surface area contributed by atoms with E-state index in [9.17, 15) is 23.8 Å². The standard InChI is InChI=1S/C79H156NO32P.H3N/c1-4-6-8-10-12-14-16-18-20-22-24-26-77(81)109-74-76(112-78(82)27-25-23-21-19-17-15-13-11-9-7-5-2)75-111-113(84,85)110-29-28-80-79(83)108-73-72-107-71-70-106-69-68-105-67-66-104-65-64-103-63-62-102-61-60-101-59-58-100-57-56-99-55-54-98-53-52-97-51-50-96-49-48-95-47-46-94-45-44-93-43-42-92-41-40-91-39-38-90-37-36-89-35-34-88-33-32-87-31-30-86-3;/h76H,4-75H2,1-3H3,(H,80,83)(H,84,85);1H3/t76-;/m1./s1. The Labute approximate surface area is 684 Å². The number of alkyl carbamates (subject to hydrolysis) is 1. The first-order chi connectivity index (χ1) is 55.7. The molecule has 0 fully saturated rings. The highest BCUT2D eigenvalue weighted by molar-refractivity contribution is 7.45. The number of methoxy groups -OCH3 is 1. The average molecular weight is 1680 g/mol. The first-order valence-electron chi connectivity index (χ1n) is 42.2. The molecule has 0 heterocycles. The second-order valence-electron chi connectivity index (χ2n) is 25.9. The van der Waals surface area contributed by atoms with Crippen molar-refractivity contribution in [1.82, 2.24) is 11.5 Å². The van der Waals surface area contributed by atoms with Gasteiger partial charge in [0.15, 0.2) is 6.10 Å². The molecule has 1 unspecified atom stereocenters. The fourth-order valence-electron chi connectivity index (χ4n) is 9.90. The normalized spacial score (nSPS) is 12.4. The van der Waals surface area contributed by atoms with Gasteiger partial charge in [0.1, 0.15) is 13.2 Å². The summed E-state index contributed by atoms with van der Waals surface area (Å²) in [6, 6.07) is 0.